The van der Waals surface area contributed by atoms with Gasteiger partial charge < -0.3 is 4.90 Å². The summed E-state index contributed by atoms with van der Waals surface area (Å²) >= 11 is 6.28. The molecule has 0 N–H and O–H groups in total. The molecule has 1 fully saturated rings. The van der Waals surface area contributed by atoms with Gasteiger partial charge in [0.2, 0.25) is 0 Å². The van der Waals surface area contributed by atoms with E-state index < -0.39 is 0 Å². The Morgan fingerprint density at radius 1 is 1.08 bits per heavy atom. The Kier molecular flexibility index (Phi) is 5.02. The highest BCUT2D eigenvalue weighted by molar-refractivity contribution is 6.33. The third-order valence-corrected chi connectivity index (χ3v) is 4.94. The van der Waals surface area contributed by atoms with Crippen LogP contribution in [0.1, 0.15) is 18.5 Å². The molecular formula is C18H20ClN3O2. The molecule has 0 bridgehead atoms. The van der Waals surface area contributed by atoms with Crippen molar-refractivity contribution >= 4 is 23.0 Å². The lowest BCUT2D eigenvalue weighted by Gasteiger charge is -2.39. The molecule has 2 aromatic rings. The van der Waals surface area contributed by atoms with Crippen LogP contribution in [0.4, 0.5) is 11.4 Å². The van der Waals surface area contributed by atoms with Crippen LogP contribution in [0.3, 0.4) is 0 Å². The summed E-state index contributed by atoms with van der Waals surface area (Å²) in [5.74, 6) is 0. The molecule has 0 spiro atoms. The zero-order valence-corrected chi connectivity index (χ0v) is 14.3. The summed E-state index contributed by atoms with van der Waals surface area (Å²) in [4.78, 5) is 15.3. The number of para-hydroxylation sites is 1. The van der Waals surface area contributed by atoms with Crippen LogP contribution in [0.25, 0.3) is 0 Å². The van der Waals surface area contributed by atoms with Crippen molar-refractivity contribution in [2.45, 2.75) is 13.0 Å². The number of halogens is 1. The lowest BCUT2D eigenvalue weighted by Crippen LogP contribution is -2.47. The Balaban J connectivity index is 1.67. The van der Waals surface area contributed by atoms with E-state index in [2.05, 4.69) is 16.7 Å². The first kappa shape index (κ1) is 16.7. The van der Waals surface area contributed by atoms with Crippen LogP contribution in [0.15, 0.2) is 48.5 Å². The first-order chi connectivity index (χ1) is 11.6. The van der Waals surface area contributed by atoms with Crippen molar-refractivity contribution in [3.05, 3.63) is 69.2 Å². The number of nitrogens with zero attached hydrogens (tertiary/aromatic N) is 3. The minimum Gasteiger partial charge on any atom is -0.368 e. The highest BCUT2D eigenvalue weighted by Gasteiger charge is 2.23. The summed E-state index contributed by atoms with van der Waals surface area (Å²) in [6, 6.07) is 15.0. The van der Waals surface area contributed by atoms with Crippen LogP contribution >= 0.6 is 11.6 Å². The van der Waals surface area contributed by atoms with E-state index >= 15 is 0 Å². The van der Waals surface area contributed by atoms with Crippen LogP contribution in [0.2, 0.25) is 5.02 Å². The summed E-state index contributed by atoms with van der Waals surface area (Å²) in [7, 11) is 0. The van der Waals surface area contributed by atoms with Gasteiger partial charge in [-0.05, 0) is 24.6 Å². The number of hydrogen-bond donors (Lipinski definition) is 0. The highest BCUT2D eigenvalue weighted by atomic mass is 35.5. The molecule has 1 atom stereocenters. The third-order valence-electron chi connectivity index (χ3n) is 4.62. The number of rotatable bonds is 4. The van der Waals surface area contributed by atoms with Gasteiger partial charge in [-0.2, -0.15) is 0 Å². The molecule has 0 aromatic heterocycles. The average molecular weight is 346 g/mol. The predicted molar refractivity (Wildman–Crippen MR) is 96.7 cm³/mol. The maximum atomic E-state index is 11.0. The Morgan fingerprint density at radius 2 is 1.79 bits per heavy atom. The van der Waals surface area contributed by atoms with Crippen molar-refractivity contribution in [2.24, 2.45) is 0 Å². The van der Waals surface area contributed by atoms with Crippen molar-refractivity contribution in [3.63, 3.8) is 0 Å². The van der Waals surface area contributed by atoms with Crippen LogP contribution < -0.4 is 4.90 Å². The molecule has 1 heterocycles. The van der Waals surface area contributed by atoms with Gasteiger partial charge in [0.15, 0.2) is 0 Å². The van der Waals surface area contributed by atoms with E-state index in [9.17, 15) is 10.1 Å². The summed E-state index contributed by atoms with van der Waals surface area (Å²) in [5.41, 5.74) is 2.20. The Morgan fingerprint density at radius 3 is 2.46 bits per heavy atom. The van der Waals surface area contributed by atoms with Gasteiger partial charge in [-0.25, -0.2) is 0 Å². The fourth-order valence-electron chi connectivity index (χ4n) is 3.17. The molecular weight excluding hydrogens is 326 g/mol. The molecule has 5 nitrogen and oxygen atoms in total. The van der Waals surface area contributed by atoms with Gasteiger partial charge in [-0.3, -0.25) is 15.0 Å². The second kappa shape index (κ2) is 7.20. The standard InChI is InChI=1S/C18H20ClN3O2/c1-14(15-5-4-6-16(13-15)22(23)24)20-9-11-21(12-10-20)18-8-3-2-7-17(18)19/h2-8,13-14H,9-12H2,1H3/t14-/m1/s1. The molecule has 0 saturated carbocycles. The Labute approximate surface area is 146 Å². The number of anilines is 1. The van der Waals surface area contributed by atoms with Crippen LogP contribution in [0, 0.1) is 10.1 Å². The first-order valence-corrected chi connectivity index (χ1v) is 8.42. The smallest absolute Gasteiger partial charge is 0.269 e. The minimum absolute atomic E-state index is 0.147. The number of non-ortho nitro benzene ring substituents is 1. The molecule has 24 heavy (non-hydrogen) atoms. The van der Waals surface area contributed by atoms with Crippen molar-refractivity contribution < 1.29 is 4.92 Å². The van der Waals surface area contributed by atoms with Gasteiger partial charge in [-0.1, -0.05) is 35.9 Å². The van der Waals surface area contributed by atoms with Gasteiger partial charge in [0.05, 0.1) is 15.6 Å². The highest BCUT2D eigenvalue weighted by Crippen LogP contribution is 2.29. The first-order valence-electron chi connectivity index (χ1n) is 8.04. The lowest BCUT2D eigenvalue weighted by atomic mass is 10.1. The minimum atomic E-state index is -0.342. The maximum absolute atomic E-state index is 11.0. The molecule has 0 radical (unpaired) electrons. The largest absolute Gasteiger partial charge is 0.368 e. The van der Waals surface area contributed by atoms with E-state index in [1.54, 1.807) is 12.1 Å². The fourth-order valence-corrected chi connectivity index (χ4v) is 3.42. The molecule has 0 aliphatic carbocycles. The number of benzene rings is 2. The van der Waals surface area contributed by atoms with E-state index in [0.29, 0.717) is 0 Å². The van der Waals surface area contributed by atoms with Crippen LogP contribution in [-0.4, -0.2) is 36.0 Å². The van der Waals surface area contributed by atoms with E-state index in [4.69, 9.17) is 11.6 Å². The zero-order chi connectivity index (χ0) is 17.1. The van der Waals surface area contributed by atoms with Gasteiger partial charge in [0.25, 0.3) is 5.69 Å². The van der Waals surface area contributed by atoms with E-state index in [-0.39, 0.29) is 16.7 Å². The van der Waals surface area contributed by atoms with Crippen LogP contribution in [-0.2, 0) is 0 Å². The normalized spacial score (nSPS) is 16.8. The Bertz CT molecular complexity index is 730. The quantitative estimate of drug-likeness (QED) is 0.617. The van der Waals surface area contributed by atoms with E-state index in [1.165, 1.54) is 6.07 Å². The second-order valence-electron chi connectivity index (χ2n) is 6.00. The SMILES string of the molecule is C[C@H](c1cccc([N+](=O)[O-])c1)N1CCN(c2ccccc2Cl)CC1. The van der Waals surface area contributed by atoms with Crippen LogP contribution in [0.5, 0.6) is 0 Å². The van der Waals surface area contributed by atoms with Gasteiger partial charge in [0.1, 0.15) is 0 Å². The summed E-state index contributed by atoms with van der Waals surface area (Å²) in [5, 5.41) is 11.7. The van der Waals surface area contributed by atoms with Gasteiger partial charge in [0, 0.05) is 44.4 Å². The number of nitro groups is 1. The van der Waals surface area contributed by atoms with E-state index in [1.807, 2.05) is 30.3 Å². The molecule has 2 aromatic carbocycles. The summed E-state index contributed by atoms with van der Waals surface area (Å²) < 4.78 is 0. The zero-order valence-electron chi connectivity index (χ0n) is 13.6. The molecule has 126 valence electrons. The second-order valence-corrected chi connectivity index (χ2v) is 6.41. The topological polar surface area (TPSA) is 49.6 Å². The molecule has 1 aliphatic rings. The summed E-state index contributed by atoms with van der Waals surface area (Å²) in [6.45, 7) is 5.68. The van der Waals surface area contributed by atoms with Crippen molar-refractivity contribution in [2.75, 3.05) is 31.1 Å². The van der Waals surface area contributed by atoms with Crippen molar-refractivity contribution in [1.82, 2.24) is 4.90 Å². The van der Waals surface area contributed by atoms with Gasteiger partial charge >= 0.3 is 0 Å². The average Bonchev–Trinajstić information content (AvgIpc) is 2.62. The summed E-state index contributed by atoms with van der Waals surface area (Å²) in [6.07, 6.45) is 0. The lowest BCUT2D eigenvalue weighted by molar-refractivity contribution is -0.384. The van der Waals surface area contributed by atoms with Crippen molar-refractivity contribution in [3.8, 4) is 0 Å². The number of hydrogen-bond acceptors (Lipinski definition) is 4. The molecule has 0 unspecified atom stereocenters. The predicted octanol–water partition coefficient (Wildman–Crippen LogP) is 4.13. The van der Waals surface area contributed by atoms with Gasteiger partial charge in [-0.15, -0.1) is 0 Å². The molecule has 6 heteroatoms. The maximum Gasteiger partial charge on any atom is 0.269 e. The Hall–Kier alpha value is -2.11. The molecule has 3 rings (SSSR count). The fraction of sp³-hybridized carbons (Fsp3) is 0.333. The third kappa shape index (κ3) is 3.52. The molecule has 1 aliphatic heterocycles. The van der Waals surface area contributed by atoms with E-state index in [0.717, 1.165) is 42.5 Å². The number of piperazine rings is 1. The molecule has 0 amide bonds. The number of nitro benzene ring substituents is 1. The van der Waals surface area contributed by atoms with Crippen molar-refractivity contribution in [1.29, 1.82) is 0 Å². The monoisotopic (exact) mass is 345 g/mol. The molecule has 1 saturated heterocycles.